The van der Waals surface area contributed by atoms with Crippen LogP contribution in [0.2, 0.25) is 0 Å². The molecule has 146 valence electrons. The van der Waals surface area contributed by atoms with Crippen LogP contribution in [0.5, 0.6) is 11.5 Å². The van der Waals surface area contributed by atoms with E-state index in [1.165, 1.54) is 26.2 Å². The average molecular weight is 392 g/mol. The summed E-state index contributed by atoms with van der Waals surface area (Å²) in [6.45, 7) is 2.33. The molecule has 0 unspecified atom stereocenters. The zero-order valence-corrected chi connectivity index (χ0v) is 16.5. The normalized spacial score (nSPS) is 11.3. The van der Waals surface area contributed by atoms with Crippen LogP contribution in [0.15, 0.2) is 53.4 Å². The molecule has 2 aromatic carbocycles. The van der Waals surface area contributed by atoms with Gasteiger partial charge in [0.05, 0.1) is 11.5 Å². The predicted octanol–water partition coefficient (Wildman–Crippen LogP) is 2.74. The van der Waals surface area contributed by atoms with E-state index >= 15 is 0 Å². The molecule has 27 heavy (non-hydrogen) atoms. The molecule has 0 spiro atoms. The highest BCUT2D eigenvalue weighted by Gasteiger charge is 2.17. The van der Waals surface area contributed by atoms with E-state index in [1.807, 2.05) is 13.0 Å². The van der Waals surface area contributed by atoms with E-state index in [1.54, 1.807) is 30.3 Å². The molecule has 0 atom stereocenters. The molecule has 0 aliphatic carbocycles. The maximum atomic E-state index is 12.2. The number of para-hydroxylation sites is 2. The van der Waals surface area contributed by atoms with E-state index in [-0.39, 0.29) is 11.5 Å². The fraction of sp³-hybridized carbons (Fsp3) is 0.316. The van der Waals surface area contributed by atoms with Gasteiger partial charge in [-0.1, -0.05) is 25.1 Å². The third-order valence-electron chi connectivity index (χ3n) is 3.57. The summed E-state index contributed by atoms with van der Waals surface area (Å²) in [6.07, 6.45) is 0.862. The van der Waals surface area contributed by atoms with Crippen molar-refractivity contribution in [1.29, 1.82) is 0 Å². The Morgan fingerprint density at radius 2 is 1.70 bits per heavy atom. The molecule has 2 aromatic rings. The van der Waals surface area contributed by atoms with Gasteiger partial charge in [-0.3, -0.25) is 4.79 Å². The number of amides is 1. The number of nitrogens with one attached hydrogen (secondary N) is 1. The first kappa shape index (κ1) is 20.7. The Hall–Kier alpha value is -2.58. The Balaban J connectivity index is 2.01. The summed E-state index contributed by atoms with van der Waals surface area (Å²) in [5.74, 6) is 0.649. The Morgan fingerprint density at radius 3 is 2.33 bits per heavy atom. The molecular formula is C19H24N2O5S. The van der Waals surface area contributed by atoms with E-state index in [4.69, 9.17) is 9.47 Å². The van der Waals surface area contributed by atoms with Gasteiger partial charge in [-0.2, -0.15) is 0 Å². The van der Waals surface area contributed by atoms with Gasteiger partial charge in [-0.05, 0) is 36.8 Å². The van der Waals surface area contributed by atoms with Crippen LogP contribution in [0.25, 0.3) is 0 Å². The number of rotatable bonds is 9. The molecule has 0 heterocycles. The van der Waals surface area contributed by atoms with Crippen LogP contribution < -0.4 is 14.8 Å². The van der Waals surface area contributed by atoms with Crippen molar-refractivity contribution < 1.29 is 22.7 Å². The van der Waals surface area contributed by atoms with E-state index in [2.05, 4.69) is 5.32 Å². The number of nitrogens with zero attached hydrogens (tertiary/aromatic N) is 1. The highest BCUT2D eigenvalue weighted by molar-refractivity contribution is 7.89. The topological polar surface area (TPSA) is 84.9 Å². The second kappa shape index (κ2) is 9.38. The van der Waals surface area contributed by atoms with Crippen molar-refractivity contribution in [1.82, 2.24) is 4.31 Å². The first-order chi connectivity index (χ1) is 12.8. The maximum Gasteiger partial charge on any atom is 0.262 e. The summed E-state index contributed by atoms with van der Waals surface area (Å²) in [4.78, 5) is 12.3. The number of carbonyl (C=O) groups excluding carboxylic acids is 1. The zero-order valence-electron chi connectivity index (χ0n) is 15.6. The van der Waals surface area contributed by atoms with Crippen LogP contribution >= 0.6 is 0 Å². The number of ether oxygens (including phenoxy) is 2. The first-order valence-electron chi connectivity index (χ1n) is 8.51. The number of anilines is 1. The Labute approximate surface area is 160 Å². The molecule has 7 nitrogen and oxygen atoms in total. The van der Waals surface area contributed by atoms with Gasteiger partial charge in [0, 0.05) is 19.8 Å². The van der Waals surface area contributed by atoms with Crippen molar-refractivity contribution in [3.63, 3.8) is 0 Å². The lowest BCUT2D eigenvalue weighted by Crippen LogP contribution is -2.23. The SMILES string of the molecule is CCCOc1ccccc1OCC(=O)Nc1cccc(S(=O)(=O)N(C)C)c1. The molecule has 0 aromatic heterocycles. The van der Waals surface area contributed by atoms with Crippen molar-refractivity contribution in [2.24, 2.45) is 0 Å². The summed E-state index contributed by atoms with van der Waals surface area (Å²) < 4.78 is 36.6. The Kier molecular flexibility index (Phi) is 7.20. The van der Waals surface area contributed by atoms with Crippen LogP contribution in [0, 0.1) is 0 Å². The molecule has 1 amide bonds. The molecule has 0 aliphatic rings. The van der Waals surface area contributed by atoms with Gasteiger partial charge in [-0.25, -0.2) is 12.7 Å². The van der Waals surface area contributed by atoms with Gasteiger partial charge in [0.15, 0.2) is 18.1 Å². The molecule has 2 rings (SSSR count). The minimum Gasteiger partial charge on any atom is -0.490 e. The van der Waals surface area contributed by atoms with Crippen molar-refractivity contribution in [3.8, 4) is 11.5 Å². The van der Waals surface area contributed by atoms with Crippen LogP contribution in [-0.2, 0) is 14.8 Å². The number of carbonyl (C=O) groups is 1. The van der Waals surface area contributed by atoms with Crippen LogP contribution in [-0.4, -0.2) is 45.9 Å². The zero-order chi connectivity index (χ0) is 19.9. The molecule has 0 saturated carbocycles. The van der Waals surface area contributed by atoms with Gasteiger partial charge >= 0.3 is 0 Å². The molecule has 0 saturated heterocycles. The first-order valence-corrected chi connectivity index (χ1v) is 9.95. The van der Waals surface area contributed by atoms with Crippen molar-refractivity contribution >= 4 is 21.6 Å². The monoisotopic (exact) mass is 392 g/mol. The quantitative estimate of drug-likeness (QED) is 0.709. The summed E-state index contributed by atoms with van der Waals surface area (Å²) >= 11 is 0. The highest BCUT2D eigenvalue weighted by Crippen LogP contribution is 2.26. The molecule has 8 heteroatoms. The standard InChI is InChI=1S/C19H24N2O5S/c1-4-12-25-17-10-5-6-11-18(17)26-14-19(22)20-15-8-7-9-16(13-15)27(23,24)21(2)3/h5-11,13H,4,12,14H2,1-3H3,(H,20,22). The molecule has 1 N–H and O–H groups in total. The van der Waals surface area contributed by atoms with Crippen molar-refractivity contribution in [2.45, 2.75) is 18.2 Å². The van der Waals surface area contributed by atoms with Crippen LogP contribution in [0.1, 0.15) is 13.3 Å². The van der Waals surface area contributed by atoms with Gasteiger partial charge in [-0.15, -0.1) is 0 Å². The van der Waals surface area contributed by atoms with E-state index in [0.717, 1.165) is 10.7 Å². The minimum atomic E-state index is -3.57. The maximum absolute atomic E-state index is 12.2. The number of sulfonamides is 1. The Morgan fingerprint density at radius 1 is 1.04 bits per heavy atom. The summed E-state index contributed by atoms with van der Waals surface area (Å²) in [5.41, 5.74) is 0.377. The lowest BCUT2D eigenvalue weighted by molar-refractivity contribution is -0.118. The molecule has 0 aliphatic heterocycles. The lowest BCUT2D eigenvalue weighted by atomic mass is 10.3. The van der Waals surface area contributed by atoms with Gasteiger partial charge in [0.25, 0.3) is 5.91 Å². The third-order valence-corrected chi connectivity index (χ3v) is 5.38. The van der Waals surface area contributed by atoms with Crippen molar-refractivity contribution in [2.75, 3.05) is 32.6 Å². The number of benzene rings is 2. The summed E-state index contributed by atoms with van der Waals surface area (Å²) in [6, 6.07) is 13.2. The van der Waals surface area contributed by atoms with Gasteiger partial charge in [0.1, 0.15) is 0 Å². The third kappa shape index (κ3) is 5.70. The second-order valence-electron chi connectivity index (χ2n) is 5.95. The second-order valence-corrected chi connectivity index (χ2v) is 8.10. The van der Waals surface area contributed by atoms with E-state index < -0.39 is 15.9 Å². The van der Waals surface area contributed by atoms with Gasteiger partial charge < -0.3 is 14.8 Å². The smallest absolute Gasteiger partial charge is 0.262 e. The molecule has 0 fully saturated rings. The summed E-state index contributed by atoms with van der Waals surface area (Å²) in [7, 11) is -0.669. The molecule has 0 radical (unpaired) electrons. The number of hydrogen-bond acceptors (Lipinski definition) is 5. The lowest BCUT2D eigenvalue weighted by Gasteiger charge is -2.14. The van der Waals surface area contributed by atoms with Crippen LogP contribution in [0.4, 0.5) is 5.69 Å². The number of hydrogen-bond donors (Lipinski definition) is 1. The van der Waals surface area contributed by atoms with Crippen molar-refractivity contribution in [3.05, 3.63) is 48.5 Å². The van der Waals surface area contributed by atoms with Gasteiger partial charge in [0.2, 0.25) is 10.0 Å². The van der Waals surface area contributed by atoms with E-state index in [0.29, 0.717) is 23.8 Å². The molecular weight excluding hydrogens is 368 g/mol. The summed E-state index contributed by atoms with van der Waals surface area (Å²) in [5, 5.41) is 2.64. The Bertz CT molecular complexity index is 881. The van der Waals surface area contributed by atoms with Crippen LogP contribution in [0.3, 0.4) is 0 Å². The fourth-order valence-electron chi connectivity index (χ4n) is 2.19. The van der Waals surface area contributed by atoms with E-state index in [9.17, 15) is 13.2 Å². The molecule has 0 bridgehead atoms. The highest BCUT2D eigenvalue weighted by atomic mass is 32.2. The fourth-order valence-corrected chi connectivity index (χ4v) is 3.13. The predicted molar refractivity (Wildman–Crippen MR) is 104 cm³/mol. The largest absolute Gasteiger partial charge is 0.490 e. The average Bonchev–Trinajstić information content (AvgIpc) is 2.65. The minimum absolute atomic E-state index is 0.101.